The predicted molar refractivity (Wildman–Crippen MR) is 112 cm³/mol. The molecule has 0 saturated carbocycles. The maximum Gasteiger partial charge on any atom is 0.412 e. The van der Waals surface area contributed by atoms with Crippen molar-refractivity contribution in [1.82, 2.24) is 9.97 Å². The number of hydrogen-bond donors (Lipinski definition) is 2. The maximum atomic E-state index is 12.8. The van der Waals surface area contributed by atoms with E-state index in [1.54, 1.807) is 0 Å². The van der Waals surface area contributed by atoms with Gasteiger partial charge in [0.25, 0.3) is 5.56 Å². The molecule has 0 spiro atoms. The van der Waals surface area contributed by atoms with Crippen LogP contribution in [0.3, 0.4) is 0 Å². The molecule has 0 saturated heterocycles. The summed E-state index contributed by atoms with van der Waals surface area (Å²) >= 11 is 0. The van der Waals surface area contributed by atoms with Gasteiger partial charge in [0.05, 0.1) is 5.69 Å². The molecule has 0 atom stereocenters. The minimum Gasteiger partial charge on any atom is -0.444 e. The lowest BCUT2D eigenvalue weighted by Crippen LogP contribution is -2.26. The third-order valence-electron chi connectivity index (χ3n) is 4.37. The van der Waals surface area contributed by atoms with E-state index in [1.165, 1.54) is 14.2 Å². The van der Waals surface area contributed by atoms with Crippen molar-refractivity contribution in [1.29, 1.82) is 0 Å². The zero-order valence-electron chi connectivity index (χ0n) is 16.8. The van der Waals surface area contributed by atoms with E-state index in [2.05, 4.69) is 15.3 Å². The smallest absolute Gasteiger partial charge is 0.412 e. The van der Waals surface area contributed by atoms with Gasteiger partial charge in [0, 0.05) is 26.2 Å². The van der Waals surface area contributed by atoms with Crippen LogP contribution < -0.4 is 10.9 Å². The molecule has 3 aromatic rings. The first-order chi connectivity index (χ1) is 14.6. The molecule has 0 bridgehead atoms. The van der Waals surface area contributed by atoms with Crippen molar-refractivity contribution in [3.63, 3.8) is 0 Å². The molecule has 156 valence electrons. The first-order valence-corrected chi connectivity index (χ1v) is 9.32. The first-order valence-electron chi connectivity index (χ1n) is 9.32. The molecule has 3 rings (SSSR count). The summed E-state index contributed by atoms with van der Waals surface area (Å²) in [5, 5.41) is 2.50. The highest BCUT2D eigenvalue weighted by Gasteiger charge is 2.19. The average molecular weight is 409 g/mol. The van der Waals surface area contributed by atoms with Crippen molar-refractivity contribution >= 4 is 11.8 Å². The minimum atomic E-state index is -0.758. The number of H-pyrrole nitrogens is 1. The van der Waals surface area contributed by atoms with Crippen molar-refractivity contribution in [2.45, 2.75) is 19.3 Å². The SMILES string of the molecule is COC(Cc1nc(-c2ccccc2)[nH]c(=O)c1NC(=O)OCc1ccccc1)OC. The van der Waals surface area contributed by atoms with Gasteiger partial charge in [-0.3, -0.25) is 10.1 Å². The lowest BCUT2D eigenvalue weighted by atomic mass is 10.2. The molecule has 0 aliphatic heterocycles. The number of carbonyl (C=O) groups excluding carboxylic acids is 1. The van der Waals surface area contributed by atoms with E-state index in [0.29, 0.717) is 11.5 Å². The second-order valence-electron chi connectivity index (χ2n) is 6.39. The fraction of sp³-hybridized carbons (Fsp3) is 0.227. The Kier molecular flexibility index (Phi) is 7.31. The van der Waals surface area contributed by atoms with E-state index in [-0.39, 0.29) is 18.7 Å². The van der Waals surface area contributed by atoms with E-state index in [4.69, 9.17) is 14.2 Å². The van der Waals surface area contributed by atoms with Gasteiger partial charge < -0.3 is 19.2 Å². The molecular weight excluding hydrogens is 386 g/mol. The fourth-order valence-electron chi connectivity index (χ4n) is 2.81. The Labute approximate surface area is 173 Å². The second-order valence-corrected chi connectivity index (χ2v) is 6.39. The number of benzene rings is 2. The van der Waals surface area contributed by atoms with Crippen molar-refractivity contribution in [2.75, 3.05) is 19.5 Å². The number of nitrogens with zero attached hydrogens (tertiary/aromatic N) is 1. The van der Waals surface area contributed by atoms with Gasteiger partial charge in [-0.15, -0.1) is 0 Å². The van der Waals surface area contributed by atoms with E-state index in [9.17, 15) is 9.59 Å². The van der Waals surface area contributed by atoms with Crippen LogP contribution in [0.1, 0.15) is 11.3 Å². The van der Waals surface area contributed by atoms with Crippen molar-refractivity contribution in [3.05, 3.63) is 82.3 Å². The minimum absolute atomic E-state index is 0.00755. The largest absolute Gasteiger partial charge is 0.444 e. The molecule has 2 aromatic carbocycles. The lowest BCUT2D eigenvalue weighted by Gasteiger charge is -2.16. The zero-order valence-corrected chi connectivity index (χ0v) is 16.8. The summed E-state index contributed by atoms with van der Waals surface area (Å²) in [5.74, 6) is 0.379. The molecule has 0 unspecified atom stereocenters. The molecular formula is C22H23N3O5. The molecule has 1 aromatic heterocycles. The second kappa shape index (κ2) is 10.3. The molecule has 30 heavy (non-hydrogen) atoms. The summed E-state index contributed by atoms with van der Waals surface area (Å²) in [7, 11) is 2.97. The summed E-state index contributed by atoms with van der Waals surface area (Å²) in [6.07, 6.45) is -1.24. The third kappa shape index (κ3) is 5.53. The number of aromatic amines is 1. The van der Waals surface area contributed by atoms with Gasteiger partial charge in [-0.25, -0.2) is 9.78 Å². The number of rotatable bonds is 8. The number of methoxy groups -OCH3 is 2. The van der Waals surface area contributed by atoms with Gasteiger partial charge in [-0.1, -0.05) is 60.7 Å². The van der Waals surface area contributed by atoms with Crippen LogP contribution in [0.4, 0.5) is 10.5 Å². The van der Waals surface area contributed by atoms with Crippen LogP contribution in [0.5, 0.6) is 0 Å². The highest BCUT2D eigenvalue weighted by molar-refractivity contribution is 5.85. The summed E-state index contributed by atoms with van der Waals surface area (Å²) in [6.45, 7) is 0.0776. The van der Waals surface area contributed by atoms with Crippen molar-refractivity contribution in [2.24, 2.45) is 0 Å². The molecule has 0 aliphatic rings. The summed E-state index contributed by atoms with van der Waals surface area (Å²) in [5.41, 5.74) is 1.38. The molecule has 8 nitrogen and oxygen atoms in total. The normalized spacial score (nSPS) is 10.8. The standard InChI is InChI=1S/C22H23N3O5/c1-28-18(29-2)13-17-19(24-22(27)30-14-15-9-5-3-6-10-15)21(26)25-20(23-17)16-11-7-4-8-12-16/h3-12,18H,13-14H2,1-2H3,(H,24,27)(H,23,25,26). The molecule has 8 heteroatoms. The van der Waals surface area contributed by atoms with Crippen LogP contribution in [0.2, 0.25) is 0 Å². The number of amides is 1. The van der Waals surface area contributed by atoms with Crippen molar-refractivity contribution < 1.29 is 19.0 Å². The van der Waals surface area contributed by atoms with Crippen LogP contribution >= 0.6 is 0 Å². The number of ether oxygens (including phenoxy) is 3. The highest BCUT2D eigenvalue weighted by atomic mass is 16.7. The average Bonchev–Trinajstić information content (AvgIpc) is 2.79. The molecule has 0 fully saturated rings. The molecule has 1 amide bonds. The predicted octanol–water partition coefficient (Wildman–Crippen LogP) is 3.35. The van der Waals surface area contributed by atoms with Gasteiger partial charge in [0.1, 0.15) is 18.1 Å². The maximum absolute atomic E-state index is 12.8. The quantitative estimate of drug-likeness (QED) is 0.553. The molecule has 0 aliphatic carbocycles. The van der Waals surface area contributed by atoms with Gasteiger partial charge in [-0.2, -0.15) is 0 Å². The lowest BCUT2D eigenvalue weighted by molar-refractivity contribution is -0.101. The Balaban J connectivity index is 1.85. The van der Waals surface area contributed by atoms with Crippen LogP contribution in [0.15, 0.2) is 65.5 Å². The Bertz CT molecular complexity index is 1020. The Hall–Kier alpha value is -3.49. The Morgan fingerprint density at radius 1 is 1.03 bits per heavy atom. The summed E-state index contributed by atoms with van der Waals surface area (Å²) in [4.78, 5) is 32.3. The van der Waals surface area contributed by atoms with Crippen LogP contribution in [-0.2, 0) is 27.2 Å². The van der Waals surface area contributed by atoms with E-state index < -0.39 is 17.9 Å². The molecule has 2 N–H and O–H groups in total. The van der Waals surface area contributed by atoms with Crippen LogP contribution in [0, 0.1) is 0 Å². The number of carbonyl (C=O) groups is 1. The van der Waals surface area contributed by atoms with Gasteiger partial charge in [0.15, 0.2) is 6.29 Å². The highest BCUT2D eigenvalue weighted by Crippen LogP contribution is 2.18. The monoisotopic (exact) mass is 409 g/mol. The zero-order chi connectivity index (χ0) is 21.3. The van der Waals surface area contributed by atoms with Gasteiger partial charge >= 0.3 is 6.09 Å². The van der Waals surface area contributed by atoms with E-state index in [1.807, 2.05) is 60.7 Å². The van der Waals surface area contributed by atoms with Gasteiger partial charge in [-0.05, 0) is 5.56 Å². The fourth-order valence-corrected chi connectivity index (χ4v) is 2.81. The molecule has 0 radical (unpaired) electrons. The molecule has 1 heterocycles. The van der Waals surface area contributed by atoms with Crippen molar-refractivity contribution in [3.8, 4) is 11.4 Å². The number of aromatic nitrogens is 2. The Morgan fingerprint density at radius 3 is 2.30 bits per heavy atom. The summed E-state index contributed by atoms with van der Waals surface area (Å²) < 4.78 is 15.7. The van der Waals surface area contributed by atoms with E-state index >= 15 is 0 Å². The third-order valence-corrected chi connectivity index (χ3v) is 4.37. The topological polar surface area (TPSA) is 103 Å². The van der Waals surface area contributed by atoms with Crippen LogP contribution in [0.25, 0.3) is 11.4 Å². The Morgan fingerprint density at radius 2 is 1.67 bits per heavy atom. The number of anilines is 1. The first kappa shape index (κ1) is 21.2. The number of hydrogen-bond acceptors (Lipinski definition) is 6. The van der Waals surface area contributed by atoms with E-state index in [0.717, 1.165) is 11.1 Å². The summed E-state index contributed by atoms with van der Waals surface area (Å²) in [6, 6.07) is 18.4. The number of nitrogens with one attached hydrogen (secondary N) is 2. The van der Waals surface area contributed by atoms with Gasteiger partial charge in [0.2, 0.25) is 0 Å². The van der Waals surface area contributed by atoms with Crippen LogP contribution in [-0.4, -0.2) is 36.6 Å².